The van der Waals surface area contributed by atoms with Crippen LogP contribution in [0.4, 0.5) is 5.69 Å². The molecule has 0 spiro atoms. The maximum Gasteiger partial charge on any atom is 0.255 e. The van der Waals surface area contributed by atoms with Crippen LogP contribution in [0.25, 0.3) is 0 Å². The second-order valence-electron chi connectivity index (χ2n) is 4.31. The van der Waals surface area contributed by atoms with Gasteiger partial charge in [0.25, 0.3) is 5.91 Å². The predicted octanol–water partition coefficient (Wildman–Crippen LogP) is 0.207. The summed E-state index contributed by atoms with van der Waals surface area (Å²) in [5, 5.41) is 13.2. The second kappa shape index (κ2) is 5.96. The van der Waals surface area contributed by atoms with Gasteiger partial charge in [-0.25, -0.2) is 8.42 Å². The van der Waals surface area contributed by atoms with Crippen molar-refractivity contribution in [2.45, 2.75) is 4.90 Å². The number of amides is 1. The van der Waals surface area contributed by atoms with Crippen LogP contribution in [-0.4, -0.2) is 24.8 Å². The van der Waals surface area contributed by atoms with Gasteiger partial charge in [-0.2, -0.15) is 0 Å². The Bertz CT molecular complexity index is 830. The molecule has 0 fully saturated rings. The van der Waals surface area contributed by atoms with Gasteiger partial charge in [-0.1, -0.05) is 18.2 Å². The Balaban J connectivity index is 2.41. The molecule has 1 N–H and O–H groups in total. The van der Waals surface area contributed by atoms with E-state index >= 15 is 0 Å². The molecule has 2 aromatic carbocycles. The van der Waals surface area contributed by atoms with E-state index in [1.54, 1.807) is 18.2 Å². The SMILES string of the molecule is O=C([O-])c1cc(NC(=O)c2ccccc2)cc(S(=O)(=O)[O-])c1. The average molecular weight is 319 g/mol. The van der Waals surface area contributed by atoms with Gasteiger partial charge < -0.3 is 19.8 Å². The van der Waals surface area contributed by atoms with E-state index in [2.05, 4.69) is 5.32 Å². The topological polar surface area (TPSA) is 126 Å². The molecular formula is C14H9NO6S-2. The zero-order valence-corrected chi connectivity index (χ0v) is 11.8. The molecule has 8 heteroatoms. The molecule has 0 saturated carbocycles. The van der Waals surface area contributed by atoms with Crippen LogP contribution in [0.1, 0.15) is 20.7 Å². The van der Waals surface area contributed by atoms with Crippen LogP contribution in [0.15, 0.2) is 53.4 Å². The first-order valence-electron chi connectivity index (χ1n) is 5.96. The molecule has 0 aromatic heterocycles. The van der Waals surface area contributed by atoms with Gasteiger partial charge in [0.1, 0.15) is 10.1 Å². The number of carbonyl (C=O) groups is 2. The van der Waals surface area contributed by atoms with Crippen LogP contribution in [0.3, 0.4) is 0 Å². The first kappa shape index (κ1) is 15.7. The Morgan fingerprint density at radius 1 is 0.955 bits per heavy atom. The predicted molar refractivity (Wildman–Crippen MR) is 73.1 cm³/mol. The van der Waals surface area contributed by atoms with Gasteiger partial charge in [0.2, 0.25) is 0 Å². The van der Waals surface area contributed by atoms with E-state index in [-0.39, 0.29) is 11.3 Å². The van der Waals surface area contributed by atoms with Crippen molar-refractivity contribution in [3.8, 4) is 0 Å². The minimum absolute atomic E-state index is 0.134. The van der Waals surface area contributed by atoms with Crippen molar-refractivity contribution in [1.82, 2.24) is 0 Å². The Morgan fingerprint density at radius 3 is 2.14 bits per heavy atom. The summed E-state index contributed by atoms with van der Waals surface area (Å²) in [4.78, 5) is 22.1. The van der Waals surface area contributed by atoms with Crippen LogP contribution in [-0.2, 0) is 10.1 Å². The molecule has 0 radical (unpaired) electrons. The number of benzene rings is 2. The van der Waals surface area contributed by atoms with Crippen LogP contribution in [0, 0.1) is 0 Å². The number of anilines is 1. The van der Waals surface area contributed by atoms with Crippen LogP contribution in [0.2, 0.25) is 0 Å². The van der Waals surface area contributed by atoms with Gasteiger partial charge in [0.15, 0.2) is 0 Å². The smallest absolute Gasteiger partial charge is 0.255 e. The maximum atomic E-state index is 12.0. The van der Waals surface area contributed by atoms with E-state index in [0.29, 0.717) is 6.07 Å². The molecular weight excluding hydrogens is 310 g/mol. The molecule has 0 unspecified atom stereocenters. The Kier molecular flexibility index (Phi) is 4.25. The fourth-order valence-corrected chi connectivity index (χ4v) is 2.27. The molecule has 22 heavy (non-hydrogen) atoms. The number of rotatable bonds is 4. The van der Waals surface area contributed by atoms with E-state index in [9.17, 15) is 27.7 Å². The lowest BCUT2D eigenvalue weighted by molar-refractivity contribution is -0.255. The zero-order chi connectivity index (χ0) is 16.3. The van der Waals surface area contributed by atoms with Gasteiger partial charge in [-0.15, -0.1) is 0 Å². The highest BCUT2D eigenvalue weighted by atomic mass is 32.2. The van der Waals surface area contributed by atoms with Gasteiger partial charge >= 0.3 is 0 Å². The van der Waals surface area contributed by atoms with Crippen molar-refractivity contribution in [3.63, 3.8) is 0 Å². The standard InChI is InChI=1S/C14H11NO6S/c16-13(9-4-2-1-3-5-9)15-11-6-10(14(17)18)7-12(8-11)22(19,20)21/h1-8H,(H,15,16)(H,17,18)(H,19,20,21)/p-2. The number of hydrogen-bond acceptors (Lipinski definition) is 6. The lowest BCUT2D eigenvalue weighted by Crippen LogP contribution is -2.23. The van der Waals surface area contributed by atoms with Gasteiger partial charge in [-0.3, -0.25) is 4.79 Å². The van der Waals surface area contributed by atoms with Crippen molar-refractivity contribution in [2.75, 3.05) is 5.32 Å². The zero-order valence-electron chi connectivity index (χ0n) is 11.0. The highest BCUT2D eigenvalue weighted by Crippen LogP contribution is 2.19. The number of aromatic carboxylic acids is 1. The highest BCUT2D eigenvalue weighted by Gasteiger charge is 2.10. The van der Waals surface area contributed by atoms with Crippen LogP contribution in [0.5, 0.6) is 0 Å². The minimum atomic E-state index is -4.87. The van der Waals surface area contributed by atoms with Crippen LogP contribution < -0.4 is 10.4 Å². The van der Waals surface area contributed by atoms with E-state index in [4.69, 9.17) is 0 Å². The molecule has 0 aliphatic heterocycles. The third-order valence-corrected chi connectivity index (χ3v) is 3.54. The molecule has 114 valence electrons. The van der Waals surface area contributed by atoms with E-state index in [0.717, 1.165) is 12.1 Å². The van der Waals surface area contributed by atoms with Crippen molar-refractivity contribution in [3.05, 3.63) is 59.7 Å². The summed E-state index contributed by atoms with van der Waals surface area (Å²) in [5.41, 5.74) is -0.377. The molecule has 0 atom stereocenters. The Labute approximate surface area is 126 Å². The first-order valence-corrected chi connectivity index (χ1v) is 7.37. The fourth-order valence-electron chi connectivity index (χ4n) is 1.73. The monoisotopic (exact) mass is 319 g/mol. The summed E-state index contributed by atoms with van der Waals surface area (Å²) in [6.07, 6.45) is 0. The fraction of sp³-hybridized carbons (Fsp3) is 0. The first-order chi connectivity index (χ1) is 10.3. The van der Waals surface area contributed by atoms with Crippen molar-refractivity contribution in [1.29, 1.82) is 0 Å². The molecule has 0 saturated heterocycles. The number of nitrogens with one attached hydrogen (secondary N) is 1. The van der Waals surface area contributed by atoms with Crippen LogP contribution >= 0.6 is 0 Å². The highest BCUT2D eigenvalue weighted by molar-refractivity contribution is 7.85. The normalized spacial score (nSPS) is 11.0. The van der Waals surface area contributed by atoms with Gasteiger partial charge in [0, 0.05) is 16.8 Å². The summed E-state index contributed by atoms with van der Waals surface area (Å²) in [5.74, 6) is -2.24. The Hall–Kier alpha value is -2.71. The average Bonchev–Trinajstić information content (AvgIpc) is 2.46. The van der Waals surface area contributed by atoms with Gasteiger partial charge in [-0.05, 0) is 30.3 Å². The van der Waals surface area contributed by atoms with Crippen molar-refractivity contribution < 1.29 is 27.7 Å². The second-order valence-corrected chi connectivity index (χ2v) is 5.69. The number of hydrogen-bond donors (Lipinski definition) is 1. The molecule has 2 aromatic rings. The van der Waals surface area contributed by atoms with Crippen molar-refractivity contribution in [2.24, 2.45) is 0 Å². The third kappa shape index (κ3) is 3.68. The molecule has 0 aliphatic rings. The minimum Gasteiger partial charge on any atom is -0.744 e. The largest absolute Gasteiger partial charge is 0.744 e. The van der Waals surface area contributed by atoms with E-state index in [1.165, 1.54) is 12.1 Å². The Morgan fingerprint density at radius 2 is 1.59 bits per heavy atom. The summed E-state index contributed by atoms with van der Waals surface area (Å²) < 4.78 is 33.1. The maximum absolute atomic E-state index is 12.0. The lowest BCUT2D eigenvalue weighted by atomic mass is 10.1. The summed E-state index contributed by atoms with van der Waals surface area (Å²) in [7, 11) is -4.87. The van der Waals surface area contributed by atoms with Gasteiger partial charge in [0.05, 0.1) is 10.9 Å². The lowest BCUT2D eigenvalue weighted by Gasteiger charge is -2.13. The number of carboxylic acids is 1. The van der Waals surface area contributed by atoms with E-state index < -0.39 is 32.5 Å². The third-order valence-electron chi connectivity index (χ3n) is 2.72. The number of carboxylic acid groups (broad SMARTS) is 1. The molecule has 0 aliphatic carbocycles. The molecule has 2 rings (SSSR count). The number of carbonyl (C=O) groups excluding carboxylic acids is 2. The summed E-state index contributed by atoms with van der Waals surface area (Å²) in [6, 6.07) is 10.6. The van der Waals surface area contributed by atoms with Crippen molar-refractivity contribution >= 4 is 27.7 Å². The quantitative estimate of drug-likeness (QED) is 0.802. The van der Waals surface area contributed by atoms with E-state index in [1.807, 2.05) is 0 Å². The molecule has 0 bridgehead atoms. The summed E-state index contributed by atoms with van der Waals surface area (Å²) in [6.45, 7) is 0. The molecule has 0 heterocycles. The summed E-state index contributed by atoms with van der Waals surface area (Å²) >= 11 is 0. The molecule has 1 amide bonds. The molecule has 7 nitrogen and oxygen atoms in total.